The third-order valence-electron chi connectivity index (χ3n) is 1.40. The van der Waals surface area contributed by atoms with Gasteiger partial charge in [0, 0.05) is 0 Å². The predicted molar refractivity (Wildman–Crippen MR) is 32.7 cm³/mol. The van der Waals surface area contributed by atoms with E-state index in [1.165, 1.54) is 0 Å². The van der Waals surface area contributed by atoms with Crippen LogP contribution in [0.1, 0.15) is 6.92 Å². The van der Waals surface area contributed by atoms with Crippen LogP contribution in [-0.2, 0) is 0 Å². The van der Waals surface area contributed by atoms with Crippen molar-refractivity contribution in [3.8, 4) is 0 Å². The van der Waals surface area contributed by atoms with Crippen molar-refractivity contribution >= 4 is 0 Å². The molecule has 1 unspecified atom stereocenters. The molecule has 0 fully saturated rings. The van der Waals surface area contributed by atoms with Gasteiger partial charge in [-0.15, -0.1) is 0 Å². The minimum Gasteiger partial charge on any atom is -0.281 e. The SMILES string of the molecule is CC(F)C(F)(F)C(F)(F)C(N)(N)F. The minimum absolute atomic E-state index is 0.152. The summed E-state index contributed by atoms with van der Waals surface area (Å²) in [7, 11) is 0. The lowest BCUT2D eigenvalue weighted by molar-refractivity contribution is -0.288. The van der Waals surface area contributed by atoms with E-state index in [0.717, 1.165) is 0 Å². The number of hydrogen-bond acceptors (Lipinski definition) is 2. The fourth-order valence-corrected chi connectivity index (χ4v) is 0.505. The predicted octanol–water partition coefficient (Wildman–Crippen LogP) is 1.16. The van der Waals surface area contributed by atoms with Gasteiger partial charge >= 0.3 is 11.8 Å². The van der Waals surface area contributed by atoms with Crippen molar-refractivity contribution in [3.05, 3.63) is 0 Å². The average molecular weight is 210 g/mol. The van der Waals surface area contributed by atoms with E-state index < -0.39 is 23.9 Å². The lowest BCUT2D eigenvalue weighted by atomic mass is 10.0. The van der Waals surface area contributed by atoms with E-state index in [2.05, 4.69) is 11.5 Å². The molecular weight excluding hydrogens is 202 g/mol. The zero-order valence-corrected chi connectivity index (χ0v) is 6.50. The van der Waals surface area contributed by atoms with Crippen molar-refractivity contribution < 1.29 is 26.3 Å². The molecule has 8 heteroatoms. The van der Waals surface area contributed by atoms with Crippen LogP contribution in [0.25, 0.3) is 0 Å². The molecule has 0 aliphatic rings. The molecule has 0 aliphatic carbocycles. The molecule has 0 saturated carbocycles. The Kier molecular flexibility index (Phi) is 2.90. The second kappa shape index (κ2) is 3.02. The molecule has 0 aromatic carbocycles. The Morgan fingerprint density at radius 3 is 1.38 bits per heavy atom. The Morgan fingerprint density at radius 2 is 1.31 bits per heavy atom. The van der Waals surface area contributed by atoms with Crippen molar-refractivity contribution in [2.45, 2.75) is 30.9 Å². The van der Waals surface area contributed by atoms with Crippen LogP contribution in [0.4, 0.5) is 26.3 Å². The van der Waals surface area contributed by atoms with Gasteiger partial charge in [-0.05, 0) is 6.92 Å². The zero-order chi connectivity index (χ0) is 11.1. The summed E-state index contributed by atoms with van der Waals surface area (Å²) in [6.07, 6.45) is -3.26. The summed E-state index contributed by atoms with van der Waals surface area (Å²) < 4.78 is 73.5. The molecule has 4 N–H and O–H groups in total. The standard InChI is InChI=1S/C5H8F6N2/c1-2(6)3(7,8)4(9,10)5(11,12)13/h2H,12-13H2,1H3. The van der Waals surface area contributed by atoms with Gasteiger partial charge in [-0.2, -0.15) is 17.6 Å². The van der Waals surface area contributed by atoms with Crippen molar-refractivity contribution in [2.75, 3.05) is 0 Å². The second-order valence-corrected chi connectivity index (χ2v) is 2.58. The second-order valence-electron chi connectivity index (χ2n) is 2.58. The van der Waals surface area contributed by atoms with Crippen LogP contribution < -0.4 is 11.5 Å². The number of rotatable bonds is 3. The maximum absolute atomic E-state index is 12.3. The van der Waals surface area contributed by atoms with Gasteiger partial charge in [0.15, 0.2) is 6.17 Å². The highest BCUT2D eigenvalue weighted by Crippen LogP contribution is 2.42. The molecule has 0 radical (unpaired) electrons. The van der Waals surface area contributed by atoms with E-state index in [9.17, 15) is 26.3 Å². The molecule has 0 heterocycles. The monoisotopic (exact) mass is 210 g/mol. The highest BCUT2D eigenvalue weighted by Gasteiger charge is 2.70. The number of halogens is 6. The normalized spacial score (nSPS) is 17.3. The lowest BCUT2D eigenvalue weighted by Gasteiger charge is -2.33. The molecule has 0 amide bonds. The quantitative estimate of drug-likeness (QED) is 0.417. The zero-order valence-electron chi connectivity index (χ0n) is 6.50. The number of alkyl halides is 6. The van der Waals surface area contributed by atoms with Crippen LogP contribution in [0.15, 0.2) is 0 Å². The first-order valence-electron chi connectivity index (χ1n) is 3.11. The largest absolute Gasteiger partial charge is 0.372 e. The molecule has 80 valence electrons. The summed E-state index contributed by atoms with van der Waals surface area (Å²) in [5, 5.41) is 0. The highest BCUT2D eigenvalue weighted by molar-refractivity contribution is 4.98. The van der Waals surface area contributed by atoms with Gasteiger partial charge in [-0.1, -0.05) is 0 Å². The smallest absolute Gasteiger partial charge is 0.281 e. The summed E-state index contributed by atoms with van der Waals surface area (Å²) >= 11 is 0. The molecular formula is C5H8F6N2. The maximum Gasteiger partial charge on any atom is 0.372 e. The van der Waals surface area contributed by atoms with E-state index in [0.29, 0.717) is 0 Å². The van der Waals surface area contributed by atoms with Crippen molar-refractivity contribution in [2.24, 2.45) is 11.5 Å². The first-order chi connectivity index (χ1) is 5.44. The first kappa shape index (κ1) is 12.5. The van der Waals surface area contributed by atoms with Gasteiger partial charge in [-0.3, -0.25) is 11.5 Å². The fraction of sp³-hybridized carbons (Fsp3) is 1.00. The average Bonchev–Trinajstić information content (AvgIpc) is 1.84. The van der Waals surface area contributed by atoms with Crippen molar-refractivity contribution in [3.63, 3.8) is 0 Å². The molecule has 0 aliphatic heterocycles. The lowest BCUT2D eigenvalue weighted by Crippen LogP contribution is -2.68. The summed E-state index contributed by atoms with van der Waals surface area (Å²) in [4.78, 5) is 0. The summed E-state index contributed by atoms with van der Waals surface area (Å²) in [5.41, 5.74) is 7.90. The van der Waals surface area contributed by atoms with Crippen molar-refractivity contribution in [1.29, 1.82) is 0 Å². The Morgan fingerprint density at radius 1 is 1.00 bits per heavy atom. The third kappa shape index (κ3) is 1.88. The molecule has 2 nitrogen and oxygen atoms in total. The topological polar surface area (TPSA) is 52.0 Å². The Labute approximate surface area is 69.9 Å². The van der Waals surface area contributed by atoms with Crippen LogP contribution in [-0.4, -0.2) is 23.9 Å². The minimum atomic E-state index is -5.46. The molecule has 1 atom stereocenters. The van der Waals surface area contributed by atoms with E-state index in [1.807, 2.05) is 0 Å². The van der Waals surface area contributed by atoms with Crippen LogP contribution in [0.2, 0.25) is 0 Å². The molecule has 0 aromatic rings. The molecule has 0 rings (SSSR count). The fourth-order valence-electron chi connectivity index (χ4n) is 0.505. The van der Waals surface area contributed by atoms with Crippen LogP contribution >= 0.6 is 0 Å². The van der Waals surface area contributed by atoms with Gasteiger partial charge in [0.1, 0.15) is 0 Å². The first-order valence-corrected chi connectivity index (χ1v) is 3.11. The number of hydrogen-bond donors (Lipinski definition) is 2. The third-order valence-corrected chi connectivity index (χ3v) is 1.40. The van der Waals surface area contributed by atoms with E-state index in [1.54, 1.807) is 0 Å². The van der Waals surface area contributed by atoms with Crippen LogP contribution in [0.5, 0.6) is 0 Å². The van der Waals surface area contributed by atoms with E-state index in [-0.39, 0.29) is 6.92 Å². The van der Waals surface area contributed by atoms with Gasteiger partial charge < -0.3 is 0 Å². The molecule has 0 spiro atoms. The molecule has 13 heavy (non-hydrogen) atoms. The van der Waals surface area contributed by atoms with Gasteiger partial charge in [0.25, 0.3) is 5.92 Å². The summed E-state index contributed by atoms with van der Waals surface area (Å²) in [6.45, 7) is 0.152. The molecule has 0 bridgehead atoms. The van der Waals surface area contributed by atoms with Gasteiger partial charge in [-0.25, -0.2) is 8.78 Å². The molecule has 0 saturated heterocycles. The van der Waals surface area contributed by atoms with Gasteiger partial charge in [0.05, 0.1) is 0 Å². The Bertz CT molecular complexity index is 184. The Balaban J connectivity index is 5.04. The van der Waals surface area contributed by atoms with E-state index in [4.69, 9.17) is 0 Å². The van der Waals surface area contributed by atoms with E-state index >= 15 is 0 Å². The van der Waals surface area contributed by atoms with Crippen molar-refractivity contribution in [1.82, 2.24) is 0 Å². The summed E-state index contributed by atoms with van der Waals surface area (Å²) in [6, 6.07) is 0. The maximum atomic E-state index is 12.3. The molecule has 0 aromatic heterocycles. The van der Waals surface area contributed by atoms with Crippen LogP contribution in [0.3, 0.4) is 0 Å². The van der Waals surface area contributed by atoms with Crippen LogP contribution in [0, 0.1) is 0 Å². The highest BCUT2D eigenvalue weighted by atomic mass is 19.3. The summed E-state index contributed by atoms with van der Waals surface area (Å²) in [5.74, 6) is -15.2. The van der Waals surface area contributed by atoms with Gasteiger partial charge in [0.2, 0.25) is 0 Å². The Hall–Kier alpha value is -0.500. The number of nitrogens with two attached hydrogens (primary N) is 2.